The number of hydrogen-bond acceptors (Lipinski definition) is 7. The number of ether oxygens (including phenoxy) is 3. The quantitative estimate of drug-likeness (QED) is 0.600. The fourth-order valence-electron chi connectivity index (χ4n) is 2.65. The van der Waals surface area contributed by atoms with Gasteiger partial charge in [0.2, 0.25) is 17.5 Å². The summed E-state index contributed by atoms with van der Waals surface area (Å²) < 4.78 is 15.9. The normalized spacial score (nSPS) is 10.5. The zero-order valence-electron chi connectivity index (χ0n) is 16.2. The lowest BCUT2D eigenvalue weighted by Gasteiger charge is -2.14. The number of halogens is 1. The molecule has 0 spiro atoms. The highest BCUT2D eigenvalue weighted by molar-refractivity contribution is 6.30. The molecule has 0 saturated heterocycles. The molecule has 0 aliphatic heterocycles. The van der Waals surface area contributed by atoms with Gasteiger partial charge in [0.1, 0.15) is 6.54 Å². The molecule has 2 aromatic carbocycles. The van der Waals surface area contributed by atoms with Crippen molar-refractivity contribution >= 4 is 17.5 Å². The number of nitrogens with zero attached hydrogens (tertiary/aromatic N) is 4. The van der Waals surface area contributed by atoms with Gasteiger partial charge in [0, 0.05) is 17.1 Å². The van der Waals surface area contributed by atoms with E-state index in [0.29, 0.717) is 28.1 Å². The second-order valence-electron chi connectivity index (χ2n) is 5.96. The molecule has 1 amide bonds. The first kappa shape index (κ1) is 20.4. The summed E-state index contributed by atoms with van der Waals surface area (Å²) in [5.74, 6) is 1.67. The van der Waals surface area contributed by atoms with Gasteiger partial charge in [-0.2, -0.15) is 4.80 Å². The summed E-state index contributed by atoms with van der Waals surface area (Å²) in [4.78, 5) is 13.5. The molecule has 0 unspecified atom stereocenters. The van der Waals surface area contributed by atoms with E-state index in [2.05, 4.69) is 20.7 Å². The van der Waals surface area contributed by atoms with Crippen LogP contribution >= 0.6 is 11.6 Å². The summed E-state index contributed by atoms with van der Waals surface area (Å²) in [6.45, 7) is 0.208. The number of tetrazole rings is 1. The van der Waals surface area contributed by atoms with E-state index in [0.717, 1.165) is 11.1 Å². The Balaban J connectivity index is 1.62. The number of carbonyl (C=O) groups is 1. The number of aromatic nitrogens is 4. The molecule has 1 N–H and O–H groups in total. The summed E-state index contributed by atoms with van der Waals surface area (Å²) in [6, 6.07) is 10.6. The molecule has 1 heterocycles. The number of rotatable bonds is 8. The fourth-order valence-corrected chi connectivity index (χ4v) is 2.77. The van der Waals surface area contributed by atoms with Crippen molar-refractivity contribution in [2.24, 2.45) is 0 Å². The monoisotopic (exact) mass is 417 g/mol. The summed E-state index contributed by atoms with van der Waals surface area (Å²) in [5.41, 5.74) is 1.56. The summed E-state index contributed by atoms with van der Waals surface area (Å²) in [7, 11) is 4.61. The van der Waals surface area contributed by atoms with E-state index in [1.807, 2.05) is 0 Å². The van der Waals surface area contributed by atoms with Crippen LogP contribution in [0.5, 0.6) is 17.2 Å². The van der Waals surface area contributed by atoms with Crippen LogP contribution in [0.1, 0.15) is 5.56 Å². The molecule has 0 saturated carbocycles. The third-order valence-corrected chi connectivity index (χ3v) is 4.31. The van der Waals surface area contributed by atoms with Gasteiger partial charge in [-0.05, 0) is 47.2 Å². The Labute approximate surface area is 172 Å². The molecule has 0 radical (unpaired) electrons. The second-order valence-corrected chi connectivity index (χ2v) is 6.40. The van der Waals surface area contributed by atoms with E-state index in [-0.39, 0.29) is 19.0 Å². The summed E-state index contributed by atoms with van der Waals surface area (Å²) >= 11 is 5.88. The molecular formula is C19H20ClN5O4. The number of nitrogens with one attached hydrogen (secondary N) is 1. The Hall–Kier alpha value is -3.33. The standard InChI is InChI=1S/C19H20ClN5O4/c1-27-15-8-12(9-16(28-2)18(15)29-3)10-21-17(26)11-25-23-19(22-24-25)13-4-6-14(20)7-5-13/h4-9H,10-11H2,1-3H3,(H,21,26). The van der Waals surface area contributed by atoms with Crippen LogP contribution in [0.2, 0.25) is 5.02 Å². The highest BCUT2D eigenvalue weighted by Crippen LogP contribution is 2.38. The number of methoxy groups -OCH3 is 3. The number of carbonyl (C=O) groups excluding carboxylic acids is 1. The number of hydrogen-bond donors (Lipinski definition) is 1. The molecule has 1 aromatic heterocycles. The minimum atomic E-state index is -0.265. The van der Waals surface area contributed by atoms with Gasteiger partial charge < -0.3 is 19.5 Å². The lowest BCUT2D eigenvalue weighted by Crippen LogP contribution is -2.28. The second kappa shape index (κ2) is 9.24. The van der Waals surface area contributed by atoms with E-state index in [1.54, 1.807) is 36.4 Å². The molecule has 10 heteroatoms. The maximum absolute atomic E-state index is 12.3. The van der Waals surface area contributed by atoms with Gasteiger partial charge in [0.25, 0.3) is 0 Å². The molecule has 0 aliphatic rings. The molecule has 29 heavy (non-hydrogen) atoms. The van der Waals surface area contributed by atoms with Crippen LogP contribution in [0.4, 0.5) is 0 Å². The Morgan fingerprint density at radius 1 is 1.07 bits per heavy atom. The average molecular weight is 418 g/mol. The van der Waals surface area contributed by atoms with Crippen LogP contribution in [-0.4, -0.2) is 47.4 Å². The third kappa shape index (κ3) is 4.94. The van der Waals surface area contributed by atoms with Gasteiger partial charge >= 0.3 is 0 Å². The molecule has 9 nitrogen and oxygen atoms in total. The third-order valence-electron chi connectivity index (χ3n) is 4.05. The smallest absolute Gasteiger partial charge is 0.243 e. The van der Waals surface area contributed by atoms with Gasteiger partial charge in [-0.1, -0.05) is 11.6 Å². The van der Waals surface area contributed by atoms with Crippen LogP contribution in [-0.2, 0) is 17.9 Å². The SMILES string of the molecule is COc1cc(CNC(=O)Cn2nnc(-c3ccc(Cl)cc3)n2)cc(OC)c1OC. The van der Waals surface area contributed by atoms with Crippen LogP contribution in [0.15, 0.2) is 36.4 Å². The van der Waals surface area contributed by atoms with Gasteiger partial charge in [-0.3, -0.25) is 4.79 Å². The van der Waals surface area contributed by atoms with E-state index < -0.39 is 0 Å². The minimum Gasteiger partial charge on any atom is -0.493 e. The molecule has 0 bridgehead atoms. The molecular weight excluding hydrogens is 398 g/mol. The van der Waals surface area contributed by atoms with Gasteiger partial charge in [0.15, 0.2) is 11.5 Å². The van der Waals surface area contributed by atoms with E-state index in [1.165, 1.54) is 26.1 Å². The maximum Gasteiger partial charge on any atom is 0.243 e. The summed E-state index contributed by atoms with van der Waals surface area (Å²) in [6.07, 6.45) is 0. The average Bonchev–Trinajstić information content (AvgIpc) is 3.20. The van der Waals surface area contributed by atoms with Crippen molar-refractivity contribution in [1.29, 1.82) is 0 Å². The predicted molar refractivity (Wildman–Crippen MR) is 106 cm³/mol. The first-order valence-electron chi connectivity index (χ1n) is 8.63. The first-order chi connectivity index (χ1) is 14.0. The van der Waals surface area contributed by atoms with Gasteiger partial charge in [0.05, 0.1) is 21.3 Å². The zero-order chi connectivity index (χ0) is 20.8. The lowest BCUT2D eigenvalue weighted by atomic mass is 10.1. The van der Waals surface area contributed by atoms with Crippen molar-refractivity contribution in [3.05, 3.63) is 47.0 Å². The van der Waals surface area contributed by atoms with Crippen LogP contribution in [0.3, 0.4) is 0 Å². The van der Waals surface area contributed by atoms with E-state index in [9.17, 15) is 4.79 Å². The number of benzene rings is 2. The van der Waals surface area contributed by atoms with Crippen molar-refractivity contribution in [2.45, 2.75) is 13.1 Å². The van der Waals surface area contributed by atoms with Crippen LogP contribution < -0.4 is 19.5 Å². The van der Waals surface area contributed by atoms with Crippen LogP contribution in [0, 0.1) is 0 Å². The molecule has 0 aliphatic carbocycles. The largest absolute Gasteiger partial charge is 0.493 e. The number of amides is 1. The highest BCUT2D eigenvalue weighted by atomic mass is 35.5. The van der Waals surface area contributed by atoms with Crippen molar-refractivity contribution in [2.75, 3.05) is 21.3 Å². The van der Waals surface area contributed by atoms with E-state index >= 15 is 0 Å². The van der Waals surface area contributed by atoms with Crippen molar-refractivity contribution in [1.82, 2.24) is 25.5 Å². The predicted octanol–water partition coefficient (Wildman–Crippen LogP) is 2.34. The van der Waals surface area contributed by atoms with E-state index in [4.69, 9.17) is 25.8 Å². The zero-order valence-corrected chi connectivity index (χ0v) is 16.9. The summed E-state index contributed by atoms with van der Waals surface area (Å²) in [5, 5.41) is 15.5. The highest BCUT2D eigenvalue weighted by Gasteiger charge is 2.14. The fraction of sp³-hybridized carbons (Fsp3) is 0.263. The van der Waals surface area contributed by atoms with Gasteiger partial charge in [-0.15, -0.1) is 10.2 Å². The molecule has 3 aromatic rings. The molecule has 3 rings (SSSR count). The first-order valence-corrected chi connectivity index (χ1v) is 9.01. The Morgan fingerprint density at radius 2 is 1.72 bits per heavy atom. The van der Waals surface area contributed by atoms with Gasteiger partial charge in [-0.25, -0.2) is 0 Å². The topological polar surface area (TPSA) is 100 Å². The van der Waals surface area contributed by atoms with Crippen molar-refractivity contribution in [3.63, 3.8) is 0 Å². The Morgan fingerprint density at radius 3 is 2.31 bits per heavy atom. The van der Waals surface area contributed by atoms with Crippen molar-refractivity contribution < 1.29 is 19.0 Å². The minimum absolute atomic E-state index is 0.0645. The lowest BCUT2D eigenvalue weighted by molar-refractivity contribution is -0.122. The maximum atomic E-state index is 12.3. The Kier molecular flexibility index (Phi) is 6.50. The molecule has 0 fully saturated rings. The van der Waals surface area contributed by atoms with Crippen LogP contribution in [0.25, 0.3) is 11.4 Å². The van der Waals surface area contributed by atoms with Crippen molar-refractivity contribution in [3.8, 4) is 28.6 Å². The molecule has 0 atom stereocenters. The molecule has 152 valence electrons. The Bertz CT molecular complexity index is 966.